The quantitative estimate of drug-likeness (QED) is 0.687. The summed E-state index contributed by atoms with van der Waals surface area (Å²) in [4.78, 5) is 28.3. The molecule has 0 radical (unpaired) electrons. The van der Waals surface area contributed by atoms with Crippen LogP contribution in [0.2, 0.25) is 0 Å². The molecule has 1 fully saturated rings. The lowest BCUT2D eigenvalue weighted by molar-refractivity contribution is 0.0942. The molecular formula is C21H22N2O3S. The number of carbonyl (C=O) groups excluding carboxylic acids is 1. The highest BCUT2D eigenvalue weighted by molar-refractivity contribution is 7.10. The lowest BCUT2D eigenvalue weighted by Crippen LogP contribution is -2.39. The van der Waals surface area contributed by atoms with E-state index in [1.165, 1.54) is 4.88 Å². The maximum absolute atomic E-state index is 12.4. The highest BCUT2D eigenvalue weighted by Gasteiger charge is 2.21. The van der Waals surface area contributed by atoms with Crippen molar-refractivity contribution in [2.45, 2.75) is 18.8 Å². The molecule has 3 aromatic rings. The van der Waals surface area contributed by atoms with Gasteiger partial charge < -0.3 is 14.6 Å². The van der Waals surface area contributed by atoms with Gasteiger partial charge in [0.15, 0.2) is 0 Å². The Morgan fingerprint density at radius 3 is 2.78 bits per heavy atom. The Morgan fingerprint density at radius 2 is 2.00 bits per heavy atom. The van der Waals surface area contributed by atoms with Gasteiger partial charge in [-0.1, -0.05) is 24.3 Å². The number of para-hydroxylation sites is 1. The summed E-state index contributed by atoms with van der Waals surface area (Å²) < 4.78 is 5.23. The Bertz CT molecular complexity index is 973. The molecule has 27 heavy (non-hydrogen) atoms. The lowest BCUT2D eigenvalue weighted by atomic mass is 9.95. The van der Waals surface area contributed by atoms with Crippen molar-refractivity contribution in [1.29, 1.82) is 0 Å². The van der Waals surface area contributed by atoms with E-state index < -0.39 is 5.63 Å². The first-order chi connectivity index (χ1) is 13.2. The molecule has 0 aliphatic carbocycles. The molecule has 140 valence electrons. The zero-order chi connectivity index (χ0) is 18.6. The third-order valence-corrected chi connectivity index (χ3v) is 6.17. The number of piperidine rings is 1. The zero-order valence-corrected chi connectivity index (χ0v) is 15.8. The molecule has 0 atom stereocenters. The molecule has 1 aromatic carbocycles. The van der Waals surface area contributed by atoms with Gasteiger partial charge in [0, 0.05) is 23.4 Å². The Kier molecular flexibility index (Phi) is 5.36. The predicted molar refractivity (Wildman–Crippen MR) is 108 cm³/mol. The molecule has 0 bridgehead atoms. The molecule has 1 aliphatic heterocycles. The molecule has 4 rings (SSSR count). The summed E-state index contributed by atoms with van der Waals surface area (Å²) in [5, 5.41) is 5.74. The summed E-state index contributed by atoms with van der Waals surface area (Å²) in [6.45, 7) is 3.39. The summed E-state index contributed by atoms with van der Waals surface area (Å²) in [6, 6.07) is 13.1. The van der Waals surface area contributed by atoms with Gasteiger partial charge >= 0.3 is 5.63 Å². The van der Waals surface area contributed by atoms with Crippen molar-refractivity contribution < 1.29 is 9.21 Å². The second-order valence-corrected chi connectivity index (χ2v) is 7.85. The van der Waals surface area contributed by atoms with Crippen LogP contribution in [0, 0.1) is 0 Å². The van der Waals surface area contributed by atoms with E-state index in [2.05, 4.69) is 27.7 Å². The Balaban J connectivity index is 1.29. The number of rotatable bonds is 5. The Labute approximate surface area is 161 Å². The molecule has 1 amide bonds. The van der Waals surface area contributed by atoms with E-state index in [9.17, 15) is 9.59 Å². The first-order valence-corrected chi connectivity index (χ1v) is 10.2. The Hall–Kier alpha value is -2.44. The van der Waals surface area contributed by atoms with Gasteiger partial charge in [-0.05, 0) is 55.4 Å². The van der Waals surface area contributed by atoms with Crippen molar-refractivity contribution in [3.8, 4) is 0 Å². The maximum Gasteiger partial charge on any atom is 0.349 e. The summed E-state index contributed by atoms with van der Waals surface area (Å²) in [6.07, 6.45) is 2.31. The molecule has 1 aliphatic rings. The number of amides is 1. The van der Waals surface area contributed by atoms with Gasteiger partial charge in [0.25, 0.3) is 5.91 Å². The van der Waals surface area contributed by atoms with E-state index in [1.807, 2.05) is 23.5 Å². The molecule has 0 saturated carbocycles. The topological polar surface area (TPSA) is 62.6 Å². The zero-order valence-electron chi connectivity index (χ0n) is 15.0. The number of benzene rings is 1. The minimum Gasteiger partial charge on any atom is -0.422 e. The molecule has 0 spiro atoms. The maximum atomic E-state index is 12.4. The lowest BCUT2D eigenvalue weighted by Gasteiger charge is -2.31. The first kappa shape index (κ1) is 17.9. The predicted octanol–water partition coefficient (Wildman–Crippen LogP) is 3.46. The normalized spacial score (nSPS) is 15.9. The number of hydrogen-bond donors (Lipinski definition) is 1. The number of fused-ring (bicyclic) bond motifs is 1. The fourth-order valence-electron chi connectivity index (χ4n) is 3.61. The van der Waals surface area contributed by atoms with Gasteiger partial charge in [0.1, 0.15) is 11.1 Å². The van der Waals surface area contributed by atoms with Crippen LogP contribution in [-0.2, 0) is 0 Å². The monoisotopic (exact) mass is 382 g/mol. The summed E-state index contributed by atoms with van der Waals surface area (Å²) in [7, 11) is 0. The van der Waals surface area contributed by atoms with Gasteiger partial charge in [0.2, 0.25) is 0 Å². The average Bonchev–Trinajstić information content (AvgIpc) is 3.22. The highest BCUT2D eigenvalue weighted by Crippen LogP contribution is 2.30. The third kappa shape index (κ3) is 4.12. The second kappa shape index (κ2) is 8.06. The third-order valence-electron chi connectivity index (χ3n) is 5.13. The number of likely N-dealkylation sites (tertiary alicyclic amines) is 1. The molecule has 5 nitrogen and oxygen atoms in total. The number of nitrogens with one attached hydrogen (secondary N) is 1. The van der Waals surface area contributed by atoms with Crippen molar-refractivity contribution in [3.05, 3.63) is 68.7 Å². The minimum atomic E-state index is -0.594. The fourth-order valence-corrected chi connectivity index (χ4v) is 4.51. The van der Waals surface area contributed by atoms with Crippen LogP contribution in [0.15, 0.2) is 57.1 Å². The Morgan fingerprint density at radius 1 is 1.19 bits per heavy atom. The molecule has 2 aromatic heterocycles. The summed E-state index contributed by atoms with van der Waals surface area (Å²) in [5.74, 6) is 0.293. The van der Waals surface area contributed by atoms with Crippen LogP contribution in [0.25, 0.3) is 11.0 Å². The van der Waals surface area contributed by atoms with Crippen LogP contribution in [0.5, 0.6) is 0 Å². The van der Waals surface area contributed by atoms with Crippen LogP contribution in [0.4, 0.5) is 0 Å². The van der Waals surface area contributed by atoms with Crippen molar-refractivity contribution in [2.24, 2.45) is 0 Å². The molecular weight excluding hydrogens is 360 g/mol. The van der Waals surface area contributed by atoms with Crippen molar-refractivity contribution in [3.63, 3.8) is 0 Å². The van der Waals surface area contributed by atoms with Gasteiger partial charge in [-0.25, -0.2) is 4.79 Å². The minimum absolute atomic E-state index is 0.0603. The second-order valence-electron chi connectivity index (χ2n) is 6.87. The number of carbonyl (C=O) groups is 1. The average molecular weight is 382 g/mol. The van der Waals surface area contributed by atoms with Crippen LogP contribution in [0.3, 0.4) is 0 Å². The first-order valence-electron chi connectivity index (χ1n) is 9.27. The van der Waals surface area contributed by atoms with Gasteiger partial charge in [-0.2, -0.15) is 0 Å². The van der Waals surface area contributed by atoms with Gasteiger partial charge in [0.05, 0.1) is 0 Å². The number of hydrogen-bond acceptors (Lipinski definition) is 5. The van der Waals surface area contributed by atoms with Gasteiger partial charge in [-0.3, -0.25) is 4.79 Å². The molecule has 1 N–H and O–H groups in total. The largest absolute Gasteiger partial charge is 0.422 e. The SMILES string of the molecule is O=C(NCCN1CCC(c2cccs2)CC1)c1cc2ccccc2oc1=O. The molecule has 3 heterocycles. The van der Waals surface area contributed by atoms with E-state index in [0.29, 0.717) is 18.0 Å². The van der Waals surface area contributed by atoms with Crippen molar-refractivity contribution in [1.82, 2.24) is 10.2 Å². The van der Waals surface area contributed by atoms with E-state index in [1.54, 1.807) is 18.2 Å². The van der Waals surface area contributed by atoms with Crippen molar-refractivity contribution >= 4 is 28.2 Å². The number of nitrogens with zero attached hydrogens (tertiary/aromatic N) is 1. The molecule has 0 unspecified atom stereocenters. The smallest absolute Gasteiger partial charge is 0.349 e. The molecule has 1 saturated heterocycles. The summed E-state index contributed by atoms with van der Waals surface area (Å²) >= 11 is 1.84. The van der Waals surface area contributed by atoms with E-state index in [-0.39, 0.29) is 11.5 Å². The van der Waals surface area contributed by atoms with E-state index in [0.717, 1.165) is 37.9 Å². The standard InChI is InChI=1S/C21H22N2O3S/c24-20(17-14-16-4-1-2-5-18(16)26-21(17)25)22-9-12-23-10-7-15(8-11-23)19-6-3-13-27-19/h1-6,13-15H,7-12H2,(H,22,24). The van der Waals surface area contributed by atoms with E-state index >= 15 is 0 Å². The van der Waals surface area contributed by atoms with Crippen LogP contribution in [0.1, 0.15) is 34.0 Å². The van der Waals surface area contributed by atoms with Crippen LogP contribution < -0.4 is 10.9 Å². The highest BCUT2D eigenvalue weighted by atomic mass is 32.1. The van der Waals surface area contributed by atoms with Gasteiger partial charge in [-0.15, -0.1) is 11.3 Å². The molecule has 6 heteroatoms. The van der Waals surface area contributed by atoms with Crippen LogP contribution in [-0.4, -0.2) is 37.0 Å². The van der Waals surface area contributed by atoms with E-state index in [4.69, 9.17) is 4.42 Å². The van der Waals surface area contributed by atoms with Crippen LogP contribution >= 0.6 is 11.3 Å². The summed E-state index contributed by atoms with van der Waals surface area (Å²) in [5.41, 5.74) is -0.0410. The van der Waals surface area contributed by atoms with Crippen molar-refractivity contribution in [2.75, 3.05) is 26.2 Å². The fraction of sp³-hybridized carbons (Fsp3) is 0.333. The number of thiophene rings is 1.